The van der Waals surface area contributed by atoms with Gasteiger partial charge in [-0.1, -0.05) is 0 Å². The van der Waals surface area contributed by atoms with Gasteiger partial charge in [-0.3, -0.25) is 9.59 Å². The van der Waals surface area contributed by atoms with Crippen molar-refractivity contribution in [1.82, 2.24) is 14.8 Å². The molecule has 3 heterocycles. The molecule has 1 aliphatic rings. The van der Waals surface area contributed by atoms with Crippen molar-refractivity contribution in [2.24, 2.45) is 7.05 Å². The SMILES string of the molecule is COc1ccc(-c2nn(C)c3ncc4c(c23)C(=O)N(c2ccc(OC(F)(F)F)cc2)C4=O)cc1. The van der Waals surface area contributed by atoms with Crippen LogP contribution in [0.3, 0.4) is 0 Å². The highest BCUT2D eigenvalue weighted by molar-refractivity contribution is 6.38. The van der Waals surface area contributed by atoms with E-state index in [4.69, 9.17) is 4.74 Å². The summed E-state index contributed by atoms with van der Waals surface area (Å²) in [5.74, 6) is -1.09. The number of nitrogens with zero attached hydrogens (tertiary/aromatic N) is 4. The van der Waals surface area contributed by atoms with Crippen molar-refractivity contribution in [2.45, 2.75) is 6.36 Å². The van der Waals surface area contributed by atoms with Gasteiger partial charge in [0.05, 0.1) is 29.3 Å². The van der Waals surface area contributed by atoms with Crippen molar-refractivity contribution in [3.8, 4) is 22.8 Å². The molecule has 0 bridgehead atoms. The molecule has 0 N–H and O–H groups in total. The van der Waals surface area contributed by atoms with Crippen LogP contribution in [0.2, 0.25) is 0 Å². The molecule has 0 unspecified atom stereocenters. The summed E-state index contributed by atoms with van der Waals surface area (Å²) in [5.41, 5.74) is 1.86. The third-order valence-electron chi connectivity index (χ3n) is 5.39. The van der Waals surface area contributed by atoms with Gasteiger partial charge in [-0.25, -0.2) is 14.6 Å². The van der Waals surface area contributed by atoms with Crippen LogP contribution in [-0.2, 0) is 7.05 Å². The number of hydrogen-bond acceptors (Lipinski definition) is 6. The molecule has 0 fully saturated rings. The van der Waals surface area contributed by atoms with Crippen LogP contribution in [0.25, 0.3) is 22.3 Å². The lowest BCUT2D eigenvalue weighted by Gasteiger charge is -2.15. The molecule has 0 saturated carbocycles. The van der Waals surface area contributed by atoms with Crippen molar-refractivity contribution in [3.05, 3.63) is 65.9 Å². The number of aromatic nitrogens is 3. The summed E-state index contributed by atoms with van der Waals surface area (Å²) in [5, 5.41) is 4.91. The fourth-order valence-corrected chi connectivity index (χ4v) is 3.91. The Balaban J connectivity index is 1.60. The first-order valence-corrected chi connectivity index (χ1v) is 9.92. The van der Waals surface area contributed by atoms with Crippen LogP contribution in [0.5, 0.6) is 11.5 Å². The number of carbonyl (C=O) groups excluding carboxylic acids is 2. The summed E-state index contributed by atoms with van der Waals surface area (Å²) in [6.45, 7) is 0. The van der Waals surface area contributed by atoms with Gasteiger partial charge in [0.1, 0.15) is 17.2 Å². The van der Waals surface area contributed by atoms with Crippen molar-refractivity contribution < 1.29 is 32.2 Å². The standard InChI is InChI=1S/C23H15F3N4O4/c1-29-20-18(19(28-29)12-3-7-14(33-2)8-4-12)17-16(11-27-20)21(31)30(22(17)32)13-5-9-15(10-6-13)34-23(24,25)26/h3-11H,1-2H3. The number of halogens is 3. The molecule has 8 nitrogen and oxygen atoms in total. The van der Waals surface area contributed by atoms with Gasteiger partial charge in [0.25, 0.3) is 11.8 Å². The average molecular weight is 468 g/mol. The van der Waals surface area contributed by atoms with E-state index >= 15 is 0 Å². The number of alkyl halides is 3. The molecule has 2 aromatic carbocycles. The minimum Gasteiger partial charge on any atom is -0.497 e. The molecule has 2 amide bonds. The van der Waals surface area contributed by atoms with Gasteiger partial charge >= 0.3 is 6.36 Å². The molecule has 1 aliphatic heterocycles. The van der Waals surface area contributed by atoms with Gasteiger partial charge in [0, 0.05) is 18.8 Å². The Kier molecular flexibility index (Phi) is 4.78. The van der Waals surface area contributed by atoms with E-state index in [-0.39, 0.29) is 16.8 Å². The molecule has 0 atom stereocenters. The Morgan fingerprint density at radius 3 is 2.18 bits per heavy atom. The Morgan fingerprint density at radius 1 is 0.912 bits per heavy atom. The monoisotopic (exact) mass is 468 g/mol. The van der Waals surface area contributed by atoms with Crippen LogP contribution in [0, 0.1) is 0 Å². The van der Waals surface area contributed by atoms with Crippen molar-refractivity contribution in [2.75, 3.05) is 12.0 Å². The predicted molar refractivity (Wildman–Crippen MR) is 115 cm³/mol. The fourth-order valence-electron chi connectivity index (χ4n) is 3.91. The van der Waals surface area contributed by atoms with Crippen molar-refractivity contribution in [3.63, 3.8) is 0 Å². The summed E-state index contributed by atoms with van der Waals surface area (Å²) in [6, 6.07) is 11.5. The average Bonchev–Trinajstić information content (AvgIpc) is 3.27. The summed E-state index contributed by atoms with van der Waals surface area (Å²) in [4.78, 5) is 31.8. The van der Waals surface area contributed by atoms with Crippen LogP contribution in [0.15, 0.2) is 54.7 Å². The number of methoxy groups -OCH3 is 1. The number of anilines is 1. The number of aryl methyl sites for hydroxylation is 1. The zero-order chi connectivity index (χ0) is 24.2. The minimum atomic E-state index is -4.85. The van der Waals surface area contributed by atoms with Gasteiger partial charge in [-0.15, -0.1) is 13.2 Å². The van der Waals surface area contributed by atoms with E-state index in [0.717, 1.165) is 17.0 Å². The predicted octanol–water partition coefficient (Wildman–Crippen LogP) is 4.34. The molecule has 2 aromatic heterocycles. The Bertz CT molecular complexity index is 1440. The summed E-state index contributed by atoms with van der Waals surface area (Å²) < 4.78 is 47.9. The highest BCUT2D eigenvalue weighted by Gasteiger charge is 2.40. The molecule has 0 radical (unpaired) electrons. The Morgan fingerprint density at radius 2 is 1.56 bits per heavy atom. The Labute approximate surface area is 190 Å². The molecular weight excluding hydrogens is 453 g/mol. The molecule has 4 aromatic rings. The summed E-state index contributed by atoms with van der Waals surface area (Å²) in [6.07, 6.45) is -3.55. The topological polar surface area (TPSA) is 86.6 Å². The lowest BCUT2D eigenvalue weighted by molar-refractivity contribution is -0.274. The first-order valence-electron chi connectivity index (χ1n) is 9.92. The molecule has 34 heavy (non-hydrogen) atoms. The minimum absolute atomic E-state index is 0.0795. The lowest BCUT2D eigenvalue weighted by Crippen LogP contribution is -2.29. The molecule has 172 valence electrons. The second-order valence-corrected chi connectivity index (χ2v) is 7.43. The van der Waals surface area contributed by atoms with Crippen LogP contribution in [-0.4, -0.2) is 40.1 Å². The van der Waals surface area contributed by atoms with Crippen molar-refractivity contribution in [1.29, 1.82) is 0 Å². The van der Waals surface area contributed by atoms with Gasteiger partial charge < -0.3 is 9.47 Å². The van der Waals surface area contributed by atoms with E-state index in [9.17, 15) is 22.8 Å². The number of fused-ring (bicyclic) bond motifs is 3. The van der Waals surface area contributed by atoms with Crippen LogP contribution in [0.4, 0.5) is 18.9 Å². The summed E-state index contributed by atoms with van der Waals surface area (Å²) >= 11 is 0. The van der Waals surface area contributed by atoms with Gasteiger partial charge in [-0.05, 0) is 48.5 Å². The van der Waals surface area contributed by atoms with E-state index in [1.54, 1.807) is 38.4 Å². The quantitative estimate of drug-likeness (QED) is 0.414. The van der Waals surface area contributed by atoms with E-state index in [1.807, 2.05) is 0 Å². The molecule has 0 saturated heterocycles. The second kappa shape index (κ2) is 7.58. The number of hydrogen-bond donors (Lipinski definition) is 0. The van der Waals surface area contributed by atoms with Gasteiger partial charge in [0.15, 0.2) is 5.65 Å². The maximum absolute atomic E-state index is 13.4. The Hall–Kier alpha value is -4.41. The molecule has 0 aliphatic carbocycles. The molecular formula is C23H15F3N4O4. The number of imide groups is 1. The largest absolute Gasteiger partial charge is 0.573 e. The lowest BCUT2D eigenvalue weighted by atomic mass is 10.0. The highest BCUT2D eigenvalue weighted by atomic mass is 19.4. The maximum Gasteiger partial charge on any atom is 0.573 e. The number of pyridine rings is 1. The van der Waals surface area contributed by atoms with Crippen LogP contribution >= 0.6 is 0 Å². The van der Waals surface area contributed by atoms with Crippen molar-refractivity contribution >= 4 is 28.5 Å². The first kappa shape index (κ1) is 21.4. The molecule has 11 heteroatoms. The smallest absolute Gasteiger partial charge is 0.497 e. The van der Waals surface area contributed by atoms with Crippen LogP contribution < -0.4 is 14.4 Å². The number of ether oxygens (including phenoxy) is 2. The van der Waals surface area contributed by atoms with E-state index in [1.165, 1.54) is 23.0 Å². The normalized spacial score (nSPS) is 13.5. The first-order chi connectivity index (χ1) is 16.2. The summed E-state index contributed by atoms with van der Waals surface area (Å²) in [7, 11) is 3.22. The maximum atomic E-state index is 13.4. The fraction of sp³-hybridized carbons (Fsp3) is 0.130. The third-order valence-corrected chi connectivity index (χ3v) is 5.39. The third kappa shape index (κ3) is 3.41. The van der Waals surface area contributed by atoms with Gasteiger partial charge in [-0.2, -0.15) is 5.10 Å². The van der Waals surface area contributed by atoms with Crippen LogP contribution in [0.1, 0.15) is 20.7 Å². The number of carbonyl (C=O) groups is 2. The zero-order valence-electron chi connectivity index (χ0n) is 17.8. The number of amides is 2. The van der Waals surface area contributed by atoms with E-state index in [0.29, 0.717) is 28.0 Å². The van der Waals surface area contributed by atoms with E-state index in [2.05, 4.69) is 14.8 Å². The highest BCUT2D eigenvalue weighted by Crippen LogP contribution is 2.38. The van der Waals surface area contributed by atoms with Gasteiger partial charge in [0.2, 0.25) is 0 Å². The number of benzene rings is 2. The number of rotatable bonds is 4. The second-order valence-electron chi connectivity index (χ2n) is 7.43. The van der Waals surface area contributed by atoms with E-state index < -0.39 is 23.9 Å². The zero-order valence-corrected chi connectivity index (χ0v) is 17.8. The molecule has 0 spiro atoms. The molecule has 5 rings (SSSR count).